The number of H-pyrrole nitrogens is 1. The molecule has 1 fully saturated rings. The van der Waals surface area contributed by atoms with Crippen molar-refractivity contribution >= 4 is 27.5 Å². The Hall–Kier alpha value is -1.73. The minimum atomic E-state index is -0.383. The Bertz CT molecular complexity index is 863. The largest absolute Gasteiger partial charge is 0.462 e. The Kier molecular flexibility index (Phi) is 5.48. The van der Waals surface area contributed by atoms with Gasteiger partial charge in [0.15, 0.2) is 5.82 Å². The first kappa shape index (κ1) is 19.0. The molecule has 26 heavy (non-hydrogen) atoms. The monoisotopic (exact) mass is 378 g/mol. The molecule has 0 saturated carbocycles. The number of hydrogen-bond acceptors (Lipinski definition) is 5. The quantitative estimate of drug-likeness (QED) is 0.799. The first-order chi connectivity index (χ1) is 12.3. The summed E-state index contributed by atoms with van der Waals surface area (Å²) in [6.45, 7) is 12.7. The van der Waals surface area contributed by atoms with Crippen molar-refractivity contribution < 1.29 is 14.4 Å². The van der Waals surface area contributed by atoms with E-state index in [0.717, 1.165) is 13.1 Å². The number of quaternary nitrogens is 1. The average molecular weight is 379 g/mol. The second-order valence-electron chi connectivity index (χ2n) is 7.64. The Morgan fingerprint density at radius 1 is 1.38 bits per heavy atom. The first-order valence-corrected chi connectivity index (χ1v) is 10.2. The maximum absolute atomic E-state index is 12.7. The highest BCUT2D eigenvalue weighted by Crippen LogP contribution is 2.28. The van der Waals surface area contributed by atoms with Crippen molar-refractivity contribution in [3.8, 4) is 0 Å². The van der Waals surface area contributed by atoms with E-state index < -0.39 is 0 Å². The lowest BCUT2D eigenvalue weighted by Gasteiger charge is -2.35. The third kappa shape index (κ3) is 3.55. The number of aromatic nitrogens is 2. The Morgan fingerprint density at radius 3 is 2.65 bits per heavy atom. The van der Waals surface area contributed by atoms with Crippen LogP contribution in [0.1, 0.15) is 61.2 Å². The maximum atomic E-state index is 12.7. The lowest BCUT2D eigenvalue weighted by molar-refractivity contribution is -0.941. The first-order valence-electron chi connectivity index (χ1n) is 9.36. The minimum Gasteiger partial charge on any atom is -0.462 e. The minimum absolute atomic E-state index is 0.116. The van der Waals surface area contributed by atoms with Crippen LogP contribution in [0, 0.1) is 18.8 Å². The van der Waals surface area contributed by atoms with E-state index in [0.29, 0.717) is 44.9 Å². The lowest BCUT2D eigenvalue weighted by Crippen LogP contribution is -3.14. The molecule has 0 aromatic carbocycles. The number of thiophene rings is 1. The highest BCUT2D eigenvalue weighted by atomic mass is 32.1. The van der Waals surface area contributed by atoms with Gasteiger partial charge in [0.2, 0.25) is 0 Å². The Morgan fingerprint density at radius 2 is 2.04 bits per heavy atom. The van der Waals surface area contributed by atoms with Crippen molar-refractivity contribution in [2.75, 3.05) is 19.7 Å². The van der Waals surface area contributed by atoms with Crippen molar-refractivity contribution in [2.45, 2.75) is 47.1 Å². The SMILES string of the molecule is CCOC(=O)c1sc2nc([C@H](C)[NH+]3C[C@@H](C)C[C@H](C)C3)[nH]c(=O)c2c1C. The van der Waals surface area contributed by atoms with Gasteiger partial charge in [-0.1, -0.05) is 13.8 Å². The number of likely N-dealkylation sites (tertiary alicyclic amines) is 1. The molecule has 2 aromatic rings. The number of piperidine rings is 1. The van der Waals surface area contributed by atoms with Crippen LogP contribution in [0.3, 0.4) is 0 Å². The fourth-order valence-corrected chi connectivity index (χ4v) is 5.22. The van der Waals surface area contributed by atoms with Gasteiger partial charge in [-0.2, -0.15) is 0 Å². The number of rotatable bonds is 4. The number of nitrogens with zero attached hydrogens (tertiary/aromatic N) is 1. The van der Waals surface area contributed by atoms with E-state index in [4.69, 9.17) is 9.72 Å². The van der Waals surface area contributed by atoms with Gasteiger partial charge in [0.05, 0.1) is 25.1 Å². The van der Waals surface area contributed by atoms with Gasteiger partial charge in [-0.25, -0.2) is 9.78 Å². The second kappa shape index (κ2) is 7.48. The third-order valence-corrected chi connectivity index (χ3v) is 6.49. The summed E-state index contributed by atoms with van der Waals surface area (Å²) in [4.78, 5) is 35.0. The van der Waals surface area contributed by atoms with E-state index in [9.17, 15) is 9.59 Å². The van der Waals surface area contributed by atoms with Gasteiger partial charge in [0.25, 0.3) is 5.56 Å². The summed E-state index contributed by atoms with van der Waals surface area (Å²) in [5, 5.41) is 0.504. The molecule has 3 atom stereocenters. The lowest BCUT2D eigenvalue weighted by atomic mass is 9.91. The van der Waals surface area contributed by atoms with Gasteiger partial charge in [0.1, 0.15) is 15.7 Å². The standard InChI is InChI=1S/C19H27N3O3S/c1-6-25-19(24)15-12(4)14-17(23)20-16(21-18(14)26-15)13(5)22-8-10(2)7-11(3)9-22/h10-11,13H,6-9H2,1-5H3,(H,20,21,23)/p+1/t10-,11-,13-/m0/s1. The molecule has 6 nitrogen and oxygen atoms in total. The summed E-state index contributed by atoms with van der Waals surface area (Å²) in [6, 6.07) is 0.116. The van der Waals surface area contributed by atoms with Crippen LogP contribution in [-0.2, 0) is 4.74 Å². The molecule has 0 unspecified atom stereocenters. The molecule has 0 radical (unpaired) electrons. The highest BCUT2D eigenvalue weighted by molar-refractivity contribution is 7.20. The number of esters is 1. The van der Waals surface area contributed by atoms with Crippen LogP contribution in [0.2, 0.25) is 0 Å². The van der Waals surface area contributed by atoms with Crippen LogP contribution >= 0.6 is 11.3 Å². The molecular weight excluding hydrogens is 350 g/mol. The van der Waals surface area contributed by atoms with Gasteiger partial charge >= 0.3 is 5.97 Å². The van der Waals surface area contributed by atoms with Gasteiger partial charge in [-0.3, -0.25) is 4.79 Å². The van der Waals surface area contributed by atoms with Crippen LogP contribution < -0.4 is 10.5 Å². The molecule has 7 heteroatoms. The highest BCUT2D eigenvalue weighted by Gasteiger charge is 2.31. The van der Waals surface area contributed by atoms with E-state index in [-0.39, 0.29) is 17.6 Å². The molecule has 142 valence electrons. The predicted molar refractivity (Wildman–Crippen MR) is 103 cm³/mol. The Balaban J connectivity index is 1.98. The Labute approximate surface area is 157 Å². The molecule has 0 spiro atoms. The summed E-state index contributed by atoms with van der Waals surface area (Å²) in [7, 11) is 0. The zero-order chi connectivity index (χ0) is 19.0. The third-order valence-electron chi connectivity index (χ3n) is 5.33. The van der Waals surface area contributed by atoms with Crippen molar-refractivity contribution in [1.82, 2.24) is 9.97 Å². The van der Waals surface area contributed by atoms with Crippen molar-refractivity contribution in [3.63, 3.8) is 0 Å². The van der Waals surface area contributed by atoms with Crippen LogP contribution in [0.15, 0.2) is 4.79 Å². The number of fused-ring (bicyclic) bond motifs is 1. The molecule has 1 aliphatic rings. The van der Waals surface area contributed by atoms with Crippen LogP contribution in [0.4, 0.5) is 0 Å². The fourth-order valence-electron chi connectivity index (χ4n) is 4.14. The number of hydrogen-bond donors (Lipinski definition) is 2. The number of nitrogens with one attached hydrogen (secondary N) is 2. The molecule has 0 bridgehead atoms. The van der Waals surface area contributed by atoms with E-state index in [2.05, 4.69) is 25.8 Å². The molecule has 1 saturated heterocycles. The predicted octanol–water partition coefficient (Wildman–Crippen LogP) is 2.09. The fraction of sp³-hybridized carbons (Fsp3) is 0.632. The number of carbonyl (C=O) groups excluding carboxylic acids is 1. The van der Waals surface area contributed by atoms with Gasteiger partial charge < -0.3 is 14.6 Å². The van der Waals surface area contributed by atoms with Crippen LogP contribution in [0.5, 0.6) is 0 Å². The number of carbonyl (C=O) groups is 1. The average Bonchev–Trinajstić information content (AvgIpc) is 2.90. The maximum Gasteiger partial charge on any atom is 0.348 e. The summed E-state index contributed by atoms with van der Waals surface area (Å²) >= 11 is 1.25. The molecular formula is C19H28N3O3S+. The normalized spacial score (nSPS) is 24.6. The number of aromatic amines is 1. The molecule has 3 rings (SSSR count). The summed E-state index contributed by atoms with van der Waals surface area (Å²) in [5.41, 5.74) is 0.489. The van der Waals surface area contributed by atoms with E-state index in [1.807, 2.05) is 0 Å². The van der Waals surface area contributed by atoms with E-state index in [1.54, 1.807) is 13.8 Å². The second-order valence-corrected chi connectivity index (χ2v) is 8.64. The molecule has 0 amide bonds. The smallest absolute Gasteiger partial charge is 0.348 e. The molecule has 2 N–H and O–H groups in total. The van der Waals surface area contributed by atoms with Crippen LogP contribution in [0.25, 0.3) is 10.2 Å². The zero-order valence-corrected chi connectivity index (χ0v) is 17.0. The molecule has 1 aliphatic heterocycles. The van der Waals surface area contributed by atoms with E-state index in [1.165, 1.54) is 22.7 Å². The van der Waals surface area contributed by atoms with Gasteiger partial charge in [0, 0.05) is 11.8 Å². The van der Waals surface area contributed by atoms with Crippen LogP contribution in [-0.4, -0.2) is 35.6 Å². The number of ether oxygens (including phenoxy) is 1. The molecule has 0 aliphatic carbocycles. The molecule has 2 aromatic heterocycles. The van der Waals surface area contributed by atoms with E-state index >= 15 is 0 Å². The number of aryl methyl sites for hydroxylation is 1. The van der Waals surface area contributed by atoms with Crippen molar-refractivity contribution in [1.29, 1.82) is 0 Å². The van der Waals surface area contributed by atoms with Crippen molar-refractivity contribution in [2.24, 2.45) is 11.8 Å². The van der Waals surface area contributed by atoms with Gasteiger partial charge in [-0.05, 0) is 32.8 Å². The summed E-state index contributed by atoms with van der Waals surface area (Å²) in [5.74, 6) is 1.67. The topological polar surface area (TPSA) is 76.5 Å². The summed E-state index contributed by atoms with van der Waals surface area (Å²) in [6.07, 6.45) is 1.26. The zero-order valence-electron chi connectivity index (χ0n) is 16.1. The summed E-state index contributed by atoms with van der Waals surface area (Å²) < 4.78 is 5.10. The van der Waals surface area contributed by atoms with Crippen molar-refractivity contribution in [3.05, 3.63) is 26.6 Å². The van der Waals surface area contributed by atoms with Gasteiger partial charge in [-0.15, -0.1) is 11.3 Å². The molecule has 3 heterocycles.